The first kappa shape index (κ1) is 67.6. The Morgan fingerprint density at radius 2 is 0.549 bits per heavy atom. The molecule has 0 aromatic rings. The van der Waals surface area contributed by atoms with E-state index in [1.807, 2.05) is 0 Å². The molecule has 0 aliphatic rings. The molecular weight excluding hydrogens is 877 g/mol. The average Bonchev–Trinajstić information content (AvgIpc) is 3.37. The Labute approximate surface area is 439 Å². The summed E-state index contributed by atoms with van der Waals surface area (Å²) in [6.07, 6.45) is 77.7. The smallest absolute Gasteiger partial charge is 0.306 e. The summed E-state index contributed by atoms with van der Waals surface area (Å²) >= 11 is 0. The van der Waals surface area contributed by atoms with E-state index < -0.39 is 6.10 Å². The van der Waals surface area contributed by atoms with Crippen molar-refractivity contribution in [1.82, 2.24) is 0 Å². The Morgan fingerprint density at radius 1 is 0.296 bits per heavy atom. The summed E-state index contributed by atoms with van der Waals surface area (Å²) in [4.78, 5) is 37.8. The average molecular weight is 990 g/mol. The minimum Gasteiger partial charge on any atom is -0.462 e. The minimum atomic E-state index is -0.768. The lowest BCUT2D eigenvalue weighted by molar-refractivity contribution is -0.167. The molecule has 0 N–H and O–H groups in total. The monoisotopic (exact) mass is 989 g/mol. The number of hydrogen-bond acceptors (Lipinski definition) is 6. The van der Waals surface area contributed by atoms with E-state index in [4.69, 9.17) is 14.2 Å². The molecule has 0 amide bonds. The summed E-state index contributed by atoms with van der Waals surface area (Å²) in [6.45, 7) is 6.47. The molecule has 0 saturated heterocycles. The Balaban J connectivity index is 3.97. The molecule has 0 aliphatic heterocycles. The quantitative estimate of drug-likeness (QED) is 0.0261. The van der Waals surface area contributed by atoms with Crippen molar-refractivity contribution in [3.63, 3.8) is 0 Å². The van der Waals surface area contributed by atoms with Gasteiger partial charge >= 0.3 is 17.9 Å². The number of hydrogen-bond donors (Lipinski definition) is 0. The van der Waals surface area contributed by atoms with Gasteiger partial charge in [0.15, 0.2) is 6.10 Å². The molecule has 0 spiro atoms. The maximum Gasteiger partial charge on any atom is 0.306 e. The van der Waals surface area contributed by atoms with Crippen molar-refractivity contribution in [2.75, 3.05) is 13.2 Å². The van der Waals surface area contributed by atoms with Crippen LogP contribution in [0.5, 0.6) is 0 Å². The van der Waals surface area contributed by atoms with Crippen molar-refractivity contribution in [2.45, 2.75) is 297 Å². The second kappa shape index (κ2) is 59.2. The SMILES string of the molecule is CC/C=C\C/C=C\C/C=C\C/C=C\C/C=C\C/C=C\C/C=C\CCCCCCCCCCCCCCCC(=O)OCC(COC(=O)CCCCCCCC)OC(=O)CCCCCCCCCCCCCC. The normalized spacial score (nSPS) is 12.7. The van der Waals surface area contributed by atoms with Crippen molar-refractivity contribution >= 4 is 17.9 Å². The summed E-state index contributed by atoms with van der Waals surface area (Å²) in [5.41, 5.74) is 0. The zero-order valence-corrected chi connectivity index (χ0v) is 46.7. The van der Waals surface area contributed by atoms with Gasteiger partial charge in [0, 0.05) is 19.3 Å². The standard InChI is InChI=1S/C65H112O6/c1-4-7-10-13-16-18-20-22-23-24-25-26-27-28-29-30-31-32-33-34-35-36-37-38-39-40-41-42-43-44-46-47-49-52-55-58-64(67)70-61-62(60-69-63(66)57-54-51-15-12-9-6-3)71-65(68)59-56-53-50-48-45-21-19-17-14-11-8-5-2/h7,10,16,18,22-23,25-26,28-29,31-32,34-35,62H,4-6,8-9,11-15,17,19-21,24,27,30,33,36-61H2,1-3H3/b10-7-,18-16-,23-22-,26-25-,29-28-,32-31-,35-34-. The number of carbonyl (C=O) groups excluding carboxylic acids is 3. The van der Waals surface area contributed by atoms with E-state index in [2.05, 4.69) is 106 Å². The zero-order valence-electron chi connectivity index (χ0n) is 46.7. The van der Waals surface area contributed by atoms with Crippen molar-refractivity contribution in [1.29, 1.82) is 0 Å². The highest BCUT2D eigenvalue weighted by Crippen LogP contribution is 2.16. The zero-order chi connectivity index (χ0) is 51.4. The molecular formula is C65H112O6. The summed E-state index contributed by atoms with van der Waals surface area (Å²) in [5, 5.41) is 0. The molecule has 0 radical (unpaired) electrons. The van der Waals surface area contributed by atoms with Gasteiger partial charge in [-0.1, -0.05) is 279 Å². The van der Waals surface area contributed by atoms with Crippen molar-refractivity contribution < 1.29 is 28.6 Å². The summed E-state index contributed by atoms with van der Waals surface area (Å²) < 4.78 is 16.7. The molecule has 0 aliphatic carbocycles. The van der Waals surface area contributed by atoms with Crippen LogP contribution in [0.4, 0.5) is 0 Å². The summed E-state index contributed by atoms with van der Waals surface area (Å²) in [5.74, 6) is -0.875. The lowest BCUT2D eigenvalue weighted by atomic mass is 10.0. The van der Waals surface area contributed by atoms with Gasteiger partial charge in [-0.05, 0) is 77.0 Å². The number of esters is 3. The molecule has 6 heteroatoms. The van der Waals surface area contributed by atoms with Gasteiger partial charge in [0.2, 0.25) is 0 Å². The third kappa shape index (κ3) is 57.4. The first-order chi connectivity index (χ1) is 35.0. The molecule has 0 heterocycles. The predicted octanol–water partition coefficient (Wildman–Crippen LogP) is 20.3. The molecule has 0 saturated carbocycles. The third-order valence-electron chi connectivity index (χ3n) is 12.9. The van der Waals surface area contributed by atoms with Crippen molar-refractivity contribution in [2.24, 2.45) is 0 Å². The number of ether oxygens (including phenoxy) is 3. The van der Waals surface area contributed by atoms with Gasteiger partial charge in [0.25, 0.3) is 0 Å². The molecule has 0 bridgehead atoms. The van der Waals surface area contributed by atoms with Gasteiger partial charge in [-0.2, -0.15) is 0 Å². The van der Waals surface area contributed by atoms with Crippen molar-refractivity contribution in [3.8, 4) is 0 Å². The molecule has 0 fully saturated rings. The topological polar surface area (TPSA) is 78.9 Å². The second-order valence-corrected chi connectivity index (χ2v) is 19.9. The van der Waals surface area contributed by atoms with Crippen LogP contribution in [0.1, 0.15) is 290 Å². The number of carbonyl (C=O) groups is 3. The van der Waals surface area contributed by atoms with E-state index in [-0.39, 0.29) is 31.1 Å². The Morgan fingerprint density at radius 3 is 0.859 bits per heavy atom. The Hall–Kier alpha value is -3.41. The van der Waals surface area contributed by atoms with Gasteiger partial charge in [-0.25, -0.2) is 0 Å². The molecule has 1 atom stereocenters. The van der Waals surface area contributed by atoms with Gasteiger partial charge in [0.1, 0.15) is 13.2 Å². The fourth-order valence-electron chi connectivity index (χ4n) is 8.42. The largest absolute Gasteiger partial charge is 0.462 e. The van der Waals surface area contributed by atoms with E-state index in [0.717, 1.165) is 103 Å². The maximum absolute atomic E-state index is 12.7. The highest BCUT2D eigenvalue weighted by Gasteiger charge is 2.19. The Bertz CT molecular complexity index is 1370. The lowest BCUT2D eigenvalue weighted by Gasteiger charge is -2.18. The molecule has 408 valence electrons. The number of unbranched alkanes of at least 4 members (excludes halogenated alkanes) is 29. The third-order valence-corrected chi connectivity index (χ3v) is 12.9. The molecule has 0 aromatic heterocycles. The first-order valence-electron chi connectivity index (χ1n) is 30.1. The van der Waals surface area contributed by atoms with Crippen LogP contribution in [0.15, 0.2) is 85.1 Å². The van der Waals surface area contributed by atoms with Gasteiger partial charge < -0.3 is 14.2 Å². The maximum atomic E-state index is 12.7. The van der Waals surface area contributed by atoms with Crippen LogP contribution < -0.4 is 0 Å². The molecule has 6 nitrogen and oxygen atoms in total. The number of rotatable bonds is 54. The van der Waals surface area contributed by atoms with Crippen LogP contribution in [0.2, 0.25) is 0 Å². The predicted molar refractivity (Wildman–Crippen MR) is 307 cm³/mol. The van der Waals surface area contributed by atoms with Crippen LogP contribution in [-0.4, -0.2) is 37.2 Å². The van der Waals surface area contributed by atoms with E-state index in [1.165, 1.54) is 148 Å². The Kier molecular flexibility index (Phi) is 56.3. The van der Waals surface area contributed by atoms with E-state index in [9.17, 15) is 14.4 Å². The van der Waals surface area contributed by atoms with Crippen LogP contribution in [-0.2, 0) is 28.6 Å². The molecule has 1 unspecified atom stereocenters. The molecule has 71 heavy (non-hydrogen) atoms. The minimum absolute atomic E-state index is 0.0722. The molecule has 0 aromatic carbocycles. The van der Waals surface area contributed by atoms with E-state index in [1.54, 1.807) is 0 Å². The first-order valence-corrected chi connectivity index (χ1v) is 30.1. The van der Waals surface area contributed by atoms with Crippen LogP contribution in [0.3, 0.4) is 0 Å². The van der Waals surface area contributed by atoms with E-state index in [0.29, 0.717) is 19.3 Å². The van der Waals surface area contributed by atoms with Crippen LogP contribution in [0, 0.1) is 0 Å². The lowest BCUT2D eigenvalue weighted by Crippen LogP contribution is -2.30. The summed E-state index contributed by atoms with van der Waals surface area (Å²) in [7, 11) is 0. The summed E-state index contributed by atoms with van der Waals surface area (Å²) in [6, 6.07) is 0. The van der Waals surface area contributed by atoms with Crippen LogP contribution in [0.25, 0.3) is 0 Å². The van der Waals surface area contributed by atoms with Gasteiger partial charge in [-0.3, -0.25) is 14.4 Å². The fourth-order valence-corrected chi connectivity index (χ4v) is 8.42. The fraction of sp³-hybridized carbons (Fsp3) is 0.738. The van der Waals surface area contributed by atoms with Gasteiger partial charge in [-0.15, -0.1) is 0 Å². The van der Waals surface area contributed by atoms with Gasteiger partial charge in [0.05, 0.1) is 0 Å². The highest BCUT2D eigenvalue weighted by molar-refractivity contribution is 5.71. The molecule has 0 rings (SSSR count). The van der Waals surface area contributed by atoms with Crippen LogP contribution >= 0.6 is 0 Å². The van der Waals surface area contributed by atoms with Crippen molar-refractivity contribution in [3.05, 3.63) is 85.1 Å². The number of allylic oxidation sites excluding steroid dienone is 14. The second-order valence-electron chi connectivity index (χ2n) is 19.9. The highest BCUT2D eigenvalue weighted by atomic mass is 16.6. The van der Waals surface area contributed by atoms with E-state index >= 15 is 0 Å².